The Morgan fingerprint density at radius 3 is 1.95 bits per heavy atom. The van der Waals surface area contributed by atoms with Gasteiger partial charge in [0.2, 0.25) is 0 Å². The first-order valence-electron chi connectivity index (χ1n) is 7.22. The van der Waals surface area contributed by atoms with E-state index in [0.717, 1.165) is 22.5 Å². The molecule has 0 bridgehead atoms. The lowest BCUT2D eigenvalue weighted by Crippen LogP contribution is -1.92. The van der Waals surface area contributed by atoms with Crippen molar-refractivity contribution in [1.29, 1.82) is 0 Å². The number of aromatic nitrogens is 2. The Morgan fingerprint density at radius 1 is 0.667 bits per heavy atom. The molecule has 3 rings (SSSR count). The minimum Gasteiger partial charge on any atom is -0.260 e. The van der Waals surface area contributed by atoms with Gasteiger partial charge in [-0.3, -0.25) is 9.97 Å². The molecule has 2 nitrogen and oxygen atoms in total. The normalized spacial score (nSPS) is 10.8. The summed E-state index contributed by atoms with van der Waals surface area (Å²) in [6, 6.07) is 18.6. The van der Waals surface area contributed by atoms with Crippen molar-refractivity contribution in [2.75, 3.05) is 0 Å². The number of rotatable bonds is 3. The summed E-state index contributed by atoms with van der Waals surface area (Å²) in [7, 11) is 0. The Balaban J connectivity index is 1.87. The lowest BCUT2D eigenvalue weighted by Gasteiger charge is -2.06. The zero-order valence-corrected chi connectivity index (χ0v) is 12.3. The van der Waals surface area contributed by atoms with E-state index in [0.29, 0.717) is 5.92 Å². The molecule has 0 N–H and O–H groups in total. The molecule has 21 heavy (non-hydrogen) atoms. The van der Waals surface area contributed by atoms with E-state index in [1.807, 2.05) is 36.7 Å². The van der Waals surface area contributed by atoms with Gasteiger partial charge in [-0.25, -0.2) is 0 Å². The topological polar surface area (TPSA) is 25.8 Å². The largest absolute Gasteiger partial charge is 0.260 e. The van der Waals surface area contributed by atoms with Crippen LogP contribution in [0.25, 0.3) is 22.4 Å². The molecule has 0 amide bonds. The summed E-state index contributed by atoms with van der Waals surface area (Å²) < 4.78 is 0. The van der Waals surface area contributed by atoms with E-state index < -0.39 is 0 Å². The molecule has 0 saturated heterocycles. The third-order valence-corrected chi connectivity index (χ3v) is 3.54. The van der Waals surface area contributed by atoms with Gasteiger partial charge in [0.15, 0.2) is 0 Å². The van der Waals surface area contributed by atoms with E-state index in [4.69, 9.17) is 0 Å². The van der Waals surface area contributed by atoms with Crippen LogP contribution in [0.5, 0.6) is 0 Å². The Bertz CT molecular complexity index is 699. The predicted molar refractivity (Wildman–Crippen MR) is 87.0 cm³/mol. The second kappa shape index (κ2) is 5.88. The molecular formula is C19H18N2. The molecule has 0 aliphatic heterocycles. The summed E-state index contributed by atoms with van der Waals surface area (Å²) >= 11 is 0. The van der Waals surface area contributed by atoms with Crippen molar-refractivity contribution in [2.24, 2.45) is 0 Å². The van der Waals surface area contributed by atoms with Crippen molar-refractivity contribution in [3.63, 3.8) is 0 Å². The average molecular weight is 274 g/mol. The van der Waals surface area contributed by atoms with Crippen LogP contribution in [0.1, 0.15) is 25.5 Å². The van der Waals surface area contributed by atoms with Crippen LogP contribution in [-0.2, 0) is 0 Å². The second-order valence-corrected chi connectivity index (χ2v) is 5.42. The first kappa shape index (κ1) is 13.5. The van der Waals surface area contributed by atoms with Crippen LogP contribution >= 0.6 is 0 Å². The Labute approximate surface area is 125 Å². The molecule has 1 aromatic carbocycles. The van der Waals surface area contributed by atoms with Gasteiger partial charge >= 0.3 is 0 Å². The highest BCUT2D eigenvalue weighted by Gasteiger charge is 2.04. The van der Waals surface area contributed by atoms with E-state index in [1.165, 1.54) is 5.56 Å². The monoisotopic (exact) mass is 274 g/mol. The molecule has 0 radical (unpaired) electrons. The molecule has 0 saturated carbocycles. The molecule has 0 atom stereocenters. The summed E-state index contributed by atoms with van der Waals surface area (Å²) in [5, 5.41) is 0. The van der Waals surface area contributed by atoms with E-state index in [2.05, 4.69) is 54.1 Å². The fraction of sp³-hybridized carbons (Fsp3) is 0.158. The minimum atomic E-state index is 0.451. The van der Waals surface area contributed by atoms with Gasteiger partial charge in [-0.15, -0.1) is 0 Å². The van der Waals surface area contributed by atoms with E-state index >= 15 is 0 Å². The predicted octanol–water partition coefficient (Wildman–Crippen LogP) is 4.93. The molecule has 2 aromatic heterocycles. The number of hydrogen-bond donors (Lipinski definition) is 0. The van der Waals surface area contributed by atoms with Gasteiger partial charge in [-0.1, -0.05) is 50.2 Å². The van der Waals surface area contributed by atoms with E-state index in [-0.39, 0.29) is 0 Å². The van der Waals surface area contributed by atoms with Crippen LogP contribution in [0, 0.1) is 0 Å². The fourth-order valence-electron chi connectivity index (χ4n) is 2.26. The van der Waals surface area contributed by atoms with Gasteiger partial charge in [0.25, 0.3) is 0 Å². The maximum atomic E-state index is 4.56. The first-order chi connectivity index (χ1) is 10.2. The van der Waals surface area contributed by atoms with Crippen molar-refractivity contribution in [2.45, 2.75) is 19.8 Å². The molecule has 104 valence electrons. The Morgan fingerprint density at radius 2 is 1.38 bits per heavy atom. The number of nitrogens with zero attached hydrogens (tertiary/aromatic N) is 2. The van der Waals surface area contributed by atoms with Crippen molar-refractivity contribution >= 4 is 0 Å². The van der Waals surface area contributed by atoms with Crippen molar-refractivity contribution in [3.8, 4) is 22.4 Å². The summed E-state index contributed by atoms with van der Waals surface area (Å²) in [5.74, 6) is 0.451. The smallest absolute Gasteiger partial charge is 0.0717 e. The van der Waals surface area contributed by atoms with Crippen LogP contribution in [0.15, 0.2) is 67.0 Å². The summed E-state index contributed by atoms with van der Waals surface area (Å²) in [6.07, 6.45) is 3.82. The van der Waals surface area contributed by atoms with Crippen LogP contribution < -0.4 is 0 Å². The van der Waals surface area contributed by atoms with E-state index in [9.17, 15) is 0 Å². The standard InChI is InChI=1S/C19H18N2/c1-14(2)18-10-9-17(13-20-18)19-11-8-16(12-21-19)15-6-4-3-5-7-15/h3-14H,1-2H3. The Kier molecular flexibility index (Phi) is 3.78. The maximum absolute atomic E-state index is 4.56. The van der Waals surface area contributed by atoms with Crippen LogP contribution in [-0.4, -0.2) is 9.97 Å². The van der Waals surface area contributed by atoms with Gasteiger partial charge in [0.05, 0.1) is 5.69 Å². The SMILES string of the molecule is CC(C)c1ccc(-c2ccc(-c3ccccc3)cn2)cn1. The highest BCUT2D eigenvalue weighted by atomic mass is 14.7. The minimum absolute atomic E-state index is 0.451. The third kappa shape index (κ3) is 3.00. The third-order valence-electron chi connectivity index (χ3n) is 3.54. The number of benzene rings is 1. The van der Waals surface area contributed by atoms with Gasteiger partial charge in [-0.2, -0.15) is 0 Å². The van der Waals surface area contributed by atoms with Crippen molar-refractivity contribution < 1.29 is 0 Å². The summed E-state index contributed by atoms with van der Waals surface area (Å²) in [6.45, 7) is 4.30. The number of hydrogen-bond acceptors (Lipinski definition) is 2. The quantitative estimate of drug-likeness (QED) is 0.676. The van der Waals surface area contributed by atoms with Crippen LogP contribution in [0.4, 0.5) is 0 Å². The van der Waals surface area contributed by atoms with Gasteiger partial charge in [0.1, 0.15) is 0 Å². The first-order valence-corrected chi connectivity index (χ1v) is 7.22. The highest BCUT2D eigenvalue weighted by molar-refractivity contribution is 5.66. The maximum Gasteiger partial charge on any atom is 0.0717 e. The average Bonchev–Trinajstić information content (AvgIpc) is 2.56. The lowest BCUT2D eigenvalue weighted by molar-refractivity contribution is 0.823. The molecule has 0 fully saturated rings. The van der Waals surface area contributed by atoms with Gasteiger partial charge in [0, 0.05) is 29.2 Å². The van der Waals surface area contributed by atoms with Gasteiger partial charge < -0.3 is 0 Å². The molecule has 0 aliphatic carbocycles. The van der Waals surface area contributed by atoms with Crippen molar-refractivity contribution in [3.05, 3.63) is 72.7 Å². The zero-order chi connectivity index (χ0) is 14.7. The molecule has 0 spiro atoms. The van der Waals surface area contributed by atoms with Gasteiger partial charge in [-0.05, 0) is 29.7 Å². The molecule has 2 heterocycles. The van der Waals surface area contributed by atoms with Crippen LogP contribution in [0.3, 0.4) is 0 Å². The highest BCUT2D eigenvalue weighted by Crippen LogP contribution is 2.22. The zero-order valence-electron chi connectivity index (χ0n) is 12.3. The molecule has 0 unspecified atom stereocenters. The molecule has 2 heteroatoms. The lowest BCUT2D eigenvalue weighted by atomic mass is 10.1. The summed E-state index contributed by atoms with van der Waals surface area (Å²) in [4.78, 5) is 9.06. The second-order valence-electron chi connectivity index (χ2n) is 5.42. The molecule has 3 aromatic rings. The van der Waals surface area contributed by atoms with Crippen LogP contribution in [0.2, 0.25) is 0 Å². The fourth-order valence-corrected chi connectivity index (χ4v) is 2.26. The number of pyridine rings is 2. The van der Waals surface area contributed by atoms with E-state index in [1.54, 1.807) is 0 Å². The molecular weight excluding hydrogens is 256 g/mol. The molecule has 0 aliphatic rings. The van der Waals surface area contributed by atoms with Crippen molar-refractivity contribution in [1.82, 2.24) is 9.97 Å². The summed E-state index contributed by atoms with van der Waals surface area (Å²) in [5.41, 5.74) is 5.44. The Hall–Kier alpha value is -2.48.